The largest absolute Gasteiger partial charge is 0.376 e. The van der Waals surface area contributed by atoms with Crippen LogP contribution in [0, 0.1) is 0 Å². The molecule has 0 radical (unpaired) electrons. The molecule has 0 N–H and O–H groups in total. The summed E-state index contributed by atoms with van der Waals surface area (Å²) < 4.78 is 7.60. The topological polar surface area (TPSA) is 26.0 Å². The molecule has 0 atom stereocenters. The van der Waals surface area contributed by atoms with Gasteiger partial charge in [-0.25, -0.2) is 4.98 Å². The van der Waals surface area contributed by atoms with Crippen LogP contribution in [-0.2, 0) is 23.3 Å². The molecule has 11 aromatic rings. The van der Waals surface area contributed by atoms with E-state index >= 15 is 0 Å². The van der Waals surface area contributed by atoms with E-state index in [1.54, 1.807) is 0 Å². The van der Waals surface area contributed by atoms with E-state index in [4.69, 9.17) is 4.98 Å². The summed E-state index contributed by atoms with van der Waals surface area (Å²) in [6, 6.07) is 55.8. The van der Waals surface area contributed by atoms with E-state index in [1.807, 2.05) is 11.3 Å². The van der Waals surface area contributed by atoms with Gasteiger partial charge in [-0.1, -0.05) is 146 Å². The highest BCUT2D eigenvalue weighted by atomic mass is 32.1. The number of imidazole rings is 1. The van der Waals surface area contributed by atoms with Crippen LogP contribution in [0.5, 0.6) is 0 Å². The van der Waals surface area contributed by atoms with Crippen LogP contribution < -0.4 is 15.7 Å². The number of rotatable bonds is 2. The minimum atomic E-state index is -0.260. The van der Waals surface area contributed by atoms with Crippen LogP contribution in [0.1, 0.15) is 77.6 Å². The first-order chi connectivity index (χ1) is 32.2. The summed E-state index contributed by atoms with van der Waals surface area (Å²) >= 11 is 1.91. The molecule has 67 heavy (non-hydrogen) atoms. The monoisotopic (exact) mass is 882 g/mol. The molecule has 0 unspecified atom stereocenters. The molecule has 6 heteroatoms. The van der Waals surface area contributed by atoms with Gasteiger partial charge in [-0.15, -0.1) is 11.3 Å². The quantitative estimate of drug-likeness (QED) is 0.162. The highest BCUT2D eigenvalue weighted by Crippen LogP contribution is 2.60. The molecule has 3 aliphatic rings. The lowest BCUT2D eigenvalue weighted by Crippen LogP contribution is -2.60. The van der Waals surface area contributed by atoms with Crippen molar-refractivity contribution in [1.82, 2.24) is 14.1 Å². The predicted molar refractivity (Wildman–Crippen MR) is 287 cm³/mol. The SMILES string of the molecule is Cn1c(-c2ccccc2)nc2cc3c(cc21)-n1c2ccc(C(C)(C)C)cc2c2c4c(c5c(c21)B3N(c1ccc(C(C)(C)C)cc1)c1cc2sc3ccccc3c2cc1-5)-c1ccccc1C4(C)C. The van der Waals surface area contributed by atoms with Gasteiger partial charge in [-0.3, -0.25) is 0 Å². The van der Waals surface area contributed by atoms with Crippen molar-refractivity contribution in [1.29, 1.82) is 0 Å². The van der Waals surface area contributed by atoms with E-state index < -0.39 is 0 Å². The van der Waals surface area contributed by atoms with E-state index in [9.17, 15) is 0 Å². The molecule has 0 amide bonds. The molecule has 8 aromatic carbocycles. The zero-order chi connectivity index (χ0) is 45.6. The molecule has 0 saturated heterocycles. The molecule has 5 heterocycles. The molecule has 0 spiro atoms. The minimum Gasteiger partial charge on any atom is -0.376 e. The second kappa shape index (κ2) is 13.0. The van der Waals surface area contributed by atoms with E-state index in [1.165, 1.54) is 114 Å². The Morgan fingerprint density at radius 2 is 1.31 bits per heavy atom. The lowest BCUT2D eigenvalue weighted by molar-refractivity contribution is 0.590. The van der Waals surface area contributed by atoms with Crippen molar-refractivity contribution in [2.24, 2.45) is 7.05 Å². The Bertz CT molecular complexity index is 3980. The van der Waals surface area contributed by atoms with Gasteiger partial charge in [0.2, 0.25) is 0 Å². The molecule has 14 rings (SSSR count). The Morgan fingerprint density at radius 1 is 0.597 bits per heavy atom. The molecular formula is C61H51BN4S. The van der Waals surface area contributed by atoms with Crippen molar-refractivity contribution in [3.8, 4) is 39.3 Å². The van der Waals surface area contributed by atoms with Crippen LogP contribution in [0.4, 0.5) is 11.4 Å². The summed E-state index contributed by atoms with van der Waals surface area (Å²) in [5, 5.41) is 5.36. The van der Waals surface area contributed by atoms with Gasteiger partial charge in [0.1, 0.15) is 5.82 Å². The second-order valence-corrected chi connectivity index (χ2v) is 23.1. The maximum atomic E-state index is 5.48. The first kappa shape index (κ1) is 39.3. The van der Waals surface area contributed by atoms with Crippen molar-refractivity contribution < 1.29 is 0 Å². The van der Waals surface area contributed by atoms with Crippen LogP contribution in [-0.4, -0.2) is 21.0 Å². The number of hydrogen-bond acceptors (Lipinski definition) is 3. The normalized spacial score (nSPS) is 14.7. The summed E-state index contributed by atoms with van der Waals surface area (Å²) in [5.41, 5.74) is 22.8. The Balaban J connectivity index is 1.22. The van der Waals surface area contributed by atoms with Crippen molar-refractivity contribution in [2.75, 3.05) is 4.81 Å². The zero-order valence-electron chi connectivity index (χ0n) is 39.6. The summed E-state index contributed by atoms with van der Waals surface area (Å²) in [6.07, 6.45) is 0. The molecule has 1 aliphatic carbocycles. The average molecular weight is 883 g/mol. The Kier molecular flexibility index (Phi) is 7.60. The second-order valence-electron chi connectivity index (χ2n) is 22.0. The fourth-order valence-electron chi connectivity index (χ4n) is 12.5. The van der Waals surface area contributed by atoms with E-state index in [-0.39, 0.29) is 23.1 Å². The van der Waals surface area contributed by atoms with Crippen molar-refractivity contribution in [3.05, 3.63) is 168 Å². The number of hydrogen-bond donors (Lipinski definition) is 0. The van der Waals surface area contributed by atoms with Crippen LogP contribution >= 0.6 is 11.3 Å². The highest BCUT2D eigenvalue weighted by Gasteiger charge is 2.50. The highest BCUT2D eigenvalue weighted by molar-refractivity contribution is 7.25. The van der Waals surface area contributed by atoms with Gasteiger partial charge in [0.15, 0.2) is 0 Å². The number of nitrogens with zero attached hydrogens (tertiary/aromatic N) is 4. The number of thiophene rings is 1. The molecule has 0 saturated carbocycles. The Hall–Kier alpha value is -6.89. The van der Waals surface area contributed by atoms with E-state index in [2.05, 4.69) is 222 Å². The summed E-state index contributed by atoms with van der Waals surface area (Å²) in [4.78, 5) is 8.19. The fraction of sp³-hybridized carbons (Fsp3) is 0.197. The van der Waals surface area contributed by atoms with Gasteiger partial charge in [-0.2, -0.15) is 0 Å². The van der Waals surface area contributed by atoms with Crippen LogP contribution in [0.15, 0.2) is 146 Å². The zero-order valence-corrected chi connectivity index (χ0v) is 40.4. The molecule has 0 fully saturated rings. The van der Waals surface area contributed by atoms with Gasteiger partial charge >= 0.3 is 6.85 Å². The van der Waals surface area contributed by atoms with Crippen LogP contribution in [0.2, 0.25) is 0 Å². The average Bonchev–Trinajstić information content (AvgIpc) is 4.02. The number of benzene rings is 8. The third-order valence-electron chi connectivity index (χ3n) is 15.8. The first-order valence-corrected chi connectivity index (χ1v) is 24.7. The number of anilines is 2. The predicted octanol–water partition coefficient (Wildman–Crippen LogP) is 14.8. The van der Waals surface area contributed by atoms with Crippen LogP contribution in [0.3, 0.4) is 0 Å². The number of aryl methyl sites for hydroxylation is 1. The van der Waals surface area contributed by atoms with Crippen molar-refractivity contribution in [2.45, 2.75) is 71.6 Å². The number of fused-ring (bicyclic) bond motifs is 17. The molecular weight excluding hydrogens is 832 g/mol. The molecule has 324 valence electrons. The van der Waals surface area contributed by atoms with Gasteiger partial charge in [0, 0.05) is 71.6 Å². The van der Waals surface area contributed by atoms with Gasteiger partial charge in [0.25, 0.3) is 0 Å². The van der Waals surface area contributed by atoms with Crippen molar-refractivity contribution >= 4 is 93.5 Å². The Morgan fingerprint density at radius 3 is 2.09 bits per heavy atom. The first-order valence-electron chi connectivity index (χ1n) is 23.9. The number of aromatic nitrogens is 3. The summed E-state index contributed by atoms with van der Waals surface area (Å²) in [5.74, 6) is 0.974. The summed E-state index contributed by atoms with van der Waals surface area (Å²) in [6.45, 7) is 18.8. The smallest absolute Gasteiger partial charge is 0.333 e. The lowest BCUT2D eigenvalue weighted by atomic mass is 9.43. The van der Waals surface area contributed by atoms with Gasteiger partial charge < -0.3 is 13.9 Å². The molecule has 4 nitrogen and oxygen atoms in total. The third-order valence-corrected chi connectivity index (χ3v) is 16.9. The summed E-state index contributed by atoms with van der Waals surface area (Å²) in [7, 11) is 2.18. The van der Waals surface area contributed by atoms with E-state index in [0.717, 1.165) is 22.4 Å². The molecule has 0 bridgehead atoms. The van der Waals surface area contributed by atoms with Crippen molar-refractivity contribution in [3.63, 3.8) is 0 Å². The maximum absolute atomic E-state index is 5.48. The molecule has 3 aromatic heterocycles. The fourth-order valence-corrected chi connectivity index (χ4v) is 13.6. The van der Waals surface area contributed by atoms with Gasteiger partial charge in [0.05, 0.1) is 22.1 Å². The minimum absolute atomic E-state index is 0.0203. The molecule has 2 aliphatic heterocycles. The Labute approximate surface area is 396 Å². The van der Waals surface area contributed by atoms with Crippen LogP contribution in [0.25, 0.3) is 92.3 Å². The van der Waals surface area contributed by atoms with Gasteiger partial charge in [-0.05, 0) is 115 Å². The van der Waals surface area contributed by atoms with E-state index in [0.29, 0.717) is 0 Å². The third kappa shape index (κ3) is 5.12. The maximum Gasteiger partial charge on any atom is 0.333 e. The standard InChI is InChI=1S/C61H51BN4S/c1-59(2,3)35-23-26-37(27-24-35)66-47-33-51-40(38-19-14-16-22-50(38)67-51)30-42(47)53-52-39-20-13-15-21-43(39)61(7,8)55(52)54-41-29-36(60(4,5)6)25-28-46(41)65-48-32-49-45(31-44(48)62(66)56(53)57(54)65)63-58(64(49)9)34-17-11-10-12-18-34/h10-33H,1-9H3. The lowest BCUT2D eigenvalue weighted by Gasteiger charge is -2.43.